The molecule has 0 heterocycles. The molecule has 2 rings (SSSR count). The normalized spacial score (nSPS) is 12.0. The Hall–Kier alpha value is -2.00. The van der Waals surface area contributed by atoms with Gasteiger partial charge < -0.3 is 14.8 Å². The first kappa shape index (κ1) is 15.4. The Labute approximate surface area is 126 Å². The predicted molar refractivity (Wildman–Crippen MR) is 86.1 cm³/mol. The van der Waals surface area contributed by atoms with E-state index in [2.05, 4.69) is 36.5 Å². The summed E-state index contributed by atoms with van der Waals surface area (Å²) in [7, 11) is 3.64. The standard InChI is InChI=1S/C18H23NO2/c1-14(12-19-2)16-9-7-15(8-10-16)13-21-18-6-4-5-17(11-18)20-3/h4-11,14,19H,12-13H2,1-3H3. The molecule has 3 heteroatoms. The first-order valence-corrected chi connectivity index (χ1v) is 7.23. The van der Waals surface area contributed by atoms with E-state index in [4.69, 9.17) is 9.47 Å². The van der Waals surface area contributed by atoms with Crippen LogP contribution < -0.4 is 14.8 Å². The lowest BCUT2D eigenvalue weighted by Crippen LogP contribution is -2.14. The lowest BCUT2D eigenvalue weighted by Gasteiger charge is -2.12. The molecule has 112 valence electrons. The van der Waals surface area contributed by atoms with Gasteiger partial charge in [0.25, 0.3) is 0 Å². The third kappa shape index (κ3) is 4.50. The van der Waals surface area contributed by atoms with Crippen LogP contribution in [0.4, 0.5) is 0 Å². The highest BCUT2D eigenvalue weighted by Gasteiger charge is 2.04. The van der Waals surface area contributed by atoms with E-state index >= 15 is 0 Å². The van der Waals surface area contributed by atoms with E-state index in [-0.39, 0.29) is 0 Å². The zero-order valence-electron chi connectivity index (χ0n) is 12.9. The van der Waals surface area contributed by atoms with Gasteiger partial charge in [-0.15, -0.1) is 0 Å². The van der Waals surface area contributed by atoms with Crippen molar-refractivity contribution in [3.63, 3.8) is 0 Å². The number of rotatable bonds is 7. The lowest BCUT2D eigenvalue weighted by molar-refractivity contribution is 0.303. The molecule has 0 aliphatic rings. The van der Waals surface area contributed by atoms with E-state index in [1.54, 1.807) is 7.11 Å². The van der Waals surface area contributed by atoms with Crippen LogP contribution in [0.25, 0.3) is 0 Å². The molecular weight excluding hydrogens is 262 g/mol. The minimum absolute atomic E-state index is 0.517. The van der Waals surface area contributed by atoms with Crippen LogP contribution in [-0.4, -0.2) is 20.7 Å². The van der Waals surface area contributed by atoms with Crippen molar-refractivity contribution in [2.75, 3.05) is 20.7 Å². The van der Waals surface area contributed by atoms with E-state index in [1.807, 2.05) is 31.3 Å². The molecule has 0 aliphatic heterocycles. The van der Waals surface area contributed by atoms with E-state index in [0.29, 0.717) is 12.5 Å². The molecule has 1 atom stereocenters. The number of likely N-dealkylation sites (N-methyl/N-ethyl adjacent to an activating group) is 1. The average Bonchev–Trinajstić information content (AvgIpc) is 2.54. The second-order valence-electron chi connectivity index (χ2n) is 5.17. The summed E-state index contributed by atoms with van der Waals surface area (Å²) in [6.45, 7) is 3.77. The Balaban J connectivity index is 1.94. The van der Waals surface area contributed by atoms with Crippen molar-refractivity contribution in [2.24, 2.45) is 0 Å². The molecule has 2 aromatic rings. The van der Waals surface area contributed by atoms with E-state index < -0.39 is 0 Å². The Kier molecular flexibility index (Phi) is 5.64. The van der Waals surface area contributed by atoms with Crippen molar-refractivity contribution in [1.82, 2.24) is 5.32 Å². The molecule has 1 N–H and O–H groups in total. The summed E-state index contributed by atoms with van der Waals surface area (Å²) in [4.78, 5) is 0. The van der Waals surface area contributed by atoms with Crippen LogP contribution in [0, 0.1) is 0 Å². The van der Waals surface area contributed by atoms with Crippen LogP contribution in [-0.2, 0) is 6.61 Å². The van der Waals surface area contributed by atoms with Crippen molar-refractivity contribution in [3.05, 3.63) is 59.7 Å². The number of methoxy groups -OCH3 is 1. The average molecular weight is 285 g/mol. The third-order valence-electron chi connectivity index (χ3n) is 3.51. The van der Waals surface area contributed by atoms with Gasteiger partial charge in [0, 0.05) is 12.6 Å². The number of hydrogen-bond acceptors (Lipinski definition) is 3. The molecule has 0 spiro atoms. The molecule has 0 radical (unpaired) electrons. The zero-order chi connectivity index (χ0) is 15.1. The van der Waals surface area contributed by atoms with Crippen LogP contribution in [0.3, 0.4) is 0 Å². The molecule has 0 amide bonds. The largest absolute Gasteiger partial charge is 0.497 e. The van der Waals surface area contributed by atoms with Gasteiger partial charge in [-0.25, -0.2) is 0 Å². The summed E-state index contributed by atoms with van der Waals surface area (Å²) in [5.74, 6) is 2.15. The number of nitrogens with one attached hydrogen (secondary N) is 1. The Morgan fingerprint density at radius 3 is 2.43 bits per heavy atom. The fourth-order valence-electron chi connectivity index (χ4n) is 2.22. The first-order valence-electron chi connectivity index (χ1n) is 7.23. The van der Waals surface area contributed by atoms with E-state index in [9.17, 15) is 0 Å². The monoisotopic (exact) mass is 285 g/mol. The molecule has 2 aromatic carbocycles. The maximum Gasteiger partial charge on any atom is 0.123 e. The molecule has 21 heavy (non-hydrogen) atoms. The SMILES string of the molecule is CNCC(C)c1ccc(COc2cccc(OC)c2)cc1. The van der Waals surface area contributed by atoms with Crippen LogP contribution in [0.2, 0.25) is 0 Å². The molecule has 0 saturated heterocycles. The highest BCUT2D eigenvalue weighted by atomic mass is 16.5. The topological polar surface area (TPSA) is 30.5 Å². The molecular formula is C18H23NO2. The van der Waals surface area contributed by atoms with Gasteiger partial charge in [-0.05, 0) is 36.2 Å². The third-order valence-corrected chi connectivity index (χ3v) is 3.51. The Morgan fingerprint density at radius 1 is 1.05 bits per heavy atom. The second kappa shape index (κ2) is 7.70. The van der Waals surface area contributed by atoms with Gasteiger partial charge in [-0.3, -0.25) is 0 Å². The number of hydrogen-bond donors (Lipinski definition) is 1. The van der Waals surface area contributed by atoms with Gasteiger partial charge in [0.05, 0.1) is 7.11 Å². The van der Waals surface area contributed by atoms with Gasteiger partial charge in [-0.1, -0.05) is 37.3 Å². The summed E-state index contributed by atoms with van der Waals surface area (Å²) < 4.78 is 11.0. The van der Waals surface area contributed by atoms with Gasteiger partial charge >= 0.3 is 0 Å². The quantitative estimate of drug-likeness (QED) is 0.843. The fourth-order valence-corrected chi connectivity index (χ4v) is 2.22. The van der Waals surface area contributed by atoms with E-state index in [1.165, 1.54) is 11.1 Å². The smallest absolute Gasteiger partial charge is 0.123 e. The summed E-state index contributed by atoms with van der Waals surface area (Å²) in [6, 6.07) is 16.3. The fraction of sp³-hybridized carbons (Fsp3) is 0.333. The van der Waals surface area contributed by atoms with Crippen LogP contribution >= 0.6 is 0 Å². The van der Waals surface area contributed by atoms with Gasteiger partial charge in [0.15, 0.2) is 0 Å². The van der Waals surface area contributed by atoms with Crippen LogP contribution in [0.1, 0.15) is 24.0 Å². The maximum atomic E-state index is 5.79. The Bertz CT molecular complexity index is 551. The summed E-state index contributed by atoms with van der Waals surface area (Å²) in [5.41, 5.74) is 2.51. The summed E-state index contributed by atoms with van der Waals surface area (Å²) >= 11 is 0. The summed E-state index contributed by atoms with van der Waals surface area (Å²) in [5, 5.41) is 3.20. The van der Waals surface area contributed by atoms with Crippen molar-refractivity contribution in [2.45, 2.75) is 19.4 Å². The van der Waals surface area contributed by atoms with Crippen molar-refractivity contribution in [3.8, 4) is 11.5 Å². The highest BCUT2D eigenvalue weighted by molar-refractivity contribution is 5.33. The molecule has 0 saturated carbocycles. The predicted octanol–water partition coefficient (Wildman–Crippen LogP) is 3.60. The minimum Gasteiger partial charge on any atom is -0.497 e. The highest BCUT2D eigenvalue weighted by Crippen LogP contribution is 2.20. The lowest BCUT2D eigenvalue weighted by atomic mass is 10.00. The zero-order valence-corrected chi connectivity index (χ0v) is 12.9. The van der Waals surface area contributed by atoms with Crippen molar-refractivity contribution in [1.29, 1.82) is 0 Å². The van der Waals surface area contributed by atoms with Crippen LogP contribution in [0.15, 0.2) is 48.5 Å². The van der Waals surface area contributed by atoms with E-state index in [0.717, 1.165) is 18.0 Å². The molecule has 0 bridgehead atoms. The van der Waals surface area contributed by atoms with Crippen LogP contribution in [0.5, 0.6) is 11.5 Å². The molecule has 0 aromatic heterocycles. The van der Waals surface area contributed by atoms with Crippen molar-refractivity contribution >= 4 is 0 Å². The maximum absolute atomic E-state index is 5.79. The second-order valence-corrected chi connectivity index (χ2v) is 5.17. The molecule has 1 unspecified atom stereocenters. The summed E-state index contributed by atoms with van der Waals surface area (Å²) in [6.07, 6.45) is 0. The van der Waals surface area contributed by atoms with Gasteiger partial charge in [-0.2, -0.15) is 0 Å². The minimum atomic E-state index is 0.517. The molecule has 3 nitrogen and oxygen atoms in total. The molecule has 0 fully saturated rings. The van der Waals surface area contributed by atoms with Gasteiger partial charge in [0.2, 0.25) is 0 Å². The Morgan fingerprint density at radius 2 is 1.76 bits per heavy atom. The van der Waals surface area contributed by atoms with Gasteiger partial charge in [0.1, 0.15) is 18.1 Å². The van der Waals surface area contributed by atoms with Crippen molar-refractivity contribution < 1.29 is 9.47 Å². The number of benzene rings is 2. The first-order chi connectivity index (χ1) is 10.2. The number of ether oxygens (including phenoxy) is 2. The molecule has 0 aliphatic carbocycles.